The van der Waals surface area contributed by atoms with E-state index >= 15 is 0 Å². The van der Waals surface area contributed by atoms with Crippen LogP contribution in [0.1, 0.15) is 110 Å². The number of benzene rings is 9. The van der Waals surface area contributed by atoms with Gasteiger partial charge in [0.15, 0.2) is 11.5 Å². The Morgan fingerprint density at radius 3 is 1.84 bits per heavy atom. The summed E-state index contributed by atoms with van der Waals surface area (Å²) >= 11 is 0. The molecule has 9 aromatic carbocycles. The van der Waals surface area contributed by atoms with Gasteiger partial charge in [0.1, 0.15) is 0 Å². The number of rotatable bonds is 5. The molecule has 0 bridgehead atoms. The topological polar surface area (TPSA) is 15.7 Å². The zero-order valence-corrected chi connectivity index (χ0v) is 30.3. The Kier molecular flexibility index (Phi) is 2.70. The molecule has 0 unspecified atom stereocenters. The van der Waals surface area contributed by atoms with Crippen LogP contribution in [0.3, 0.4) is 0 Å². The third-order valence-corrected chi connectivity index (χ3v) is 10.1. The highest BCUT2D eigenvalue weighted by Gasteiger charge is 2.44. The second-order valence-electron chi connectivity index (χ2n) is 13.5. The summed E-state index contributed by atoms with van der Waals surface area (Å²) in [6, 6.07) is -42.9. The normalized spacial score (nSPS) is 25.7. The lowest BCUT2D eigenvalue weighted by Crippen LogP contribution is -2.33. The summed E-state index contributed by atoms with van der Waals surface area (Å²) in [5.41, 5.74) is -29.3. The van der Waals surface area contributed by atoms with E-state index in [1.165, 1.54) is 0 Å². The molecule has 2 aliphatic heterocycles. The van der Waals surface area contributed by atoms with Crippen molar-refractivity contribution in [2.24, 2.45) is 0 Å². The molecule has 3 heteroatoms. The molecule has 0 saturated carbocycles. The van der Waals surface area contributed by atoms with Crippen LogP contribution in [0.25, 0.3) is 44.2 Å². The maximum atomic E-state index is 10.2. The fourth-order valence-electron chi connectivity index (χ4n) is 7.46. The van der Waals surface area contributed by atoms with Gasteiger partial charge in [-0.15, -0.1) is 0 Å². The number of nitrogens with zero attached hydrogens (tertiary/aromatic N) is 2. The average Bonchev–Trinajstić information content (AvgIpc) is 1.25. The molecular weight excluding hydrogens is 741 g/mol. The summed E-state index contributed by atoms with van der Waals surface area (Å²) in [4.78, 5) is 0.505. The summed E-state index contributed by atoms with van der Waals surface area (Å²) < 4.78 is 414. The first-order valence-electron chi connectivity index (χ1n) is 39.7. The number of para-hydroxylation sites is 1. The van der Waals surface area contributed by atoms with Crippen LogP contribution in [-0.2, 0) is 10.8 Å². The van der Waals surface area contributed by atoms with Crippen molar-refractivity contribution in [1.82, 2.24) is 0 Å². The summed E-state index contributed by atoms with van der Waals surface area (Å²) in [6.07, 6.45) is 0. The van der Waals surface area contributed by atoms with Crippen LogP contribution in [0.5, 0.6) is 11.5 Å². The molecule has 1 aliphatic carbocycles. The van der Waals surface area contributed by atoms with Crippen LogP contribution in [0.15, 0.2) is 193 Å². The van der Waals surface area contributed by atoms with Crippen LogP contribution >= 0.6 is 0 Å². The third-order valence-electron chi connectivity index (χ3n) is 10.1. The molecule has 0 radical (unpaired) electrons. The van der Waals surface area contributed by atoms with Crippen LogP contribution in [0, 0.1) is 0 Å². The van der Waals surface area contributed by atoms with Crippen molar-refractivity contribution in [2.45, 2.75) is 38.2 Å². The minimum absolute atomic E-state index is 0.0174. The molecule has 0 N–H and O–H groups in total. The molecule has 0 fully saturated rings. The van der Waals surface area contributed by atoms with Gasteiger partial charge in [0, 0.05) is 49.7 Å². The van der Waals surface area contributed by atoms with Crippen molar-refractivity contribution < 1.29 is 65.1 Å². The molecule has 9 aromatic rings. The van der Waals surface area contributed by atoms with E-state index in [9.17, 15) is 31.5 Å². The van der Waals surface area contributed by atoms with Crippen molar-refractivity contribution in [3.05, 3.63) is 216 Å². The summed E-state index contributed by atoms with van der Waals surface area (Å²) in [7, 11) is 0. The van der Waals surface area contributed by atoms with Gasteiger partial charge in [0.25, 0.3) is 0 Å². The fourth-order valence-corrected chi connectivity index (χ4v) is 7.46. The Hall–Kier alpha value is -7.36. The van der Waals surface area contributed by atoms with E-state index < -0.39 is 344 Å². The van der Waals surface area contributed by atoms with Crippen LogP contribution in [-0.4, -0.2) is 0 Å². The van der Waals surface area contributed by atoms with Crippen molar-refractivity contribution in [2.75, 3.05) is 9.80 Å². The minimum atomic E-state index is -4.36. The van der Waals surface area contributed by atoms with Gasteiger partial charge in [0.05, 0.1) is 60.9 Å². The van der Waals surface area contributed by atoms with E-state index in [4.69, 9.17) is 33.5 Å². The number of hydrogen-bond donors (Lipinski definition) is 0. The van der Waals surface area contributed by atoms with Gasteiger partial charge in [-0.2, -0.15) is 0 Å². The predicted molar refractivity (Wildman–Crippen MR) is 254 cm³/mol. The van der Waals surface area contributed by atoms with Gasteiger partial charge >= 0.3 is 0 Å². The van der Waals surface area contributed by atoms with E-state index in [1.807, 2.05) is 0 Å². The molecule has 0 amide bonds. The number of anilines is 6. The molecule has 292 valence electrons. The molecule has 0 spiro atoms. The largest absolute Gasteiger partial charge is 0.453 e. The first-order valence-corrected chi connectivity index (χ1v) is 17.7. The van der Waals surface area contributed by atoms with E-state index in [2.05, 4.69) is 0 Å². The SMILES string of the molecule is [2H]c1c([2H])c([2H])c(-c2c([2H])c([2H])c(N(c3c([2H])c([2H])c(-c4c([2H])c([2H])c5c6c4C(C([2H])([2H])[2H])(C([2H])([2H])[2H])c4c([2H])c([2H])c([2H])c([2H])c4N6c4c(c([2H])c([2H])c6c([2H])c([2H])c([2H])c([2H])c46)O5)c([2H])c3[2H])c3c([2H])c([2H])c4c(c3[2H])C(C([2H])([2H])[2H])(C([2H])([2H])[2H])c3c([2H])c([2H])c([2H])c([2H])c3-4)c([2H])c2[2H])c([2H])c1[2H]. The molecule has 12 rings (SSSR count). The smallest absolute Gasteiger partial charge is 0.152 e. The molecule has 2 heterocycles. The summed E-state index contributed by atoms with van der Waals surface area (Å²) in [6.45, 7) is -17.1. The van der Waals surface area contributed by atoms with Gasteiger partial charge < -0.3 is 14.5 Å². The molecule has 0 saturated heterocycles. The van der Waals surface area contributed by atoms with Gasteiger partial charge in [-0.25, -0.2) is 0 Å². The van der Waals surface area contributed by atoms with Crippen LogP contribution in [0.2, 0.25) is 0 Å². The number of hydrogen-bond acceptors (Lipinski definition) is 3. The highest BCUT2D eigenvalue weighted by atomic mass is 16.5. The van der Waals surface area contributed by atoms with Crippen LogP contribution in [0.4, 0.5) is 34.1 Å². The molecule has 3 aliphatic rings. The van der Waals surface area contributed by atoms with Crippen molar-refractivity contribution in [3.63, 3.8) is 0 Å². The zero-order valence-electron chi connectivity index (χ0n) is 74.3. The fraction of sp³-hybridized carbons (Fsp3) is 0.103. The summed E-state index contributed by atoms with van der Waals surface area (Å²) in [5.74, 6) is -2.21. The maximum absolute atomic E-state index is 10.2. The van der Waals surface area contributed by atoms with Gasteiger partial charge in [0.2, 0.25) is 0 Å². The Labute approximate surface area is 419 Å². The number of ether oxygens (including phenoxy) is 1. The average molecular weight is 829 g/mol. The van der Waals surface area contributed by atoms with Crippen molar-refractivity contribution >= 4 is 44.9 Å². The van der Waals surface area contributed by atoms with E-state index in [1.54, 1.807) is 0 Å². The molecule has 0 atom stereocenters. The summed E-state index contributed by atoms with van der Waals surface area (Å²) in [5, 5.41) is -1.66. The Balaban J connectivity index is 1.32. The van der Waals surface area contributed by atoms with Gasteiger partial charge in [-0.1, -0.05) is 166 Å². The number of fused-ring (bicyclic) bond motifs is 9. The lowest BCUT2D eigenvalue weighted by atomic mass is 9.70. The quantitative estimate of drug-likeness (QED) is 0.172. The lowest BCUT2D eigenvalue weighted by molar-refractivity contribution is 0.472. The predicted octanol–water partition coefficient (Wildman–Crippen LogP) is 16.2. The Bertz CT molecular complexity index is 5450. The van der Waals surface area contributed by atoms with Gasteiger partial charge in [-0.3, -0.25) is 0 Å². The minimum Gasteiger partial charge on any atom is -0.453 e. The first-order chi connectivity index (χ1) is 48.1. The maximum Gasteiger partial charge on any atom is 0.152 e. The zero-order chi connectivity index (χ0) is 78.9. The molecule has 61 heavy (non-hydrogen) atoms. The first kappa shape index (κ1) is 12.6. The van der Waals surface area contributed by atoms with Crippen molar-refractivity contribution in [1.29, 1.82) is 0 Å². The monoisotopic (exact) mass is 829 g/mol. The highest BCUT2D eigenvalue weighted by Crippen LogP contribution is 2.63. The van der Waals surface area contributed by atoms with Crippen molar-refractivity contribution in [3.8, 4) is 44.9 Å². The second-order valence-corrected chi connectivity index (χ2v) is 13.5. The third kappa shape index (κ3) is 5.23. The van der Waals surface area contributed by atoms with E-state index in [-0.39, 0.29) is 4.90 Å². The van der Waals surface area contributed by atoms with Gasteiger partial charge in [-0.05, 0) is 115 Å². The lowest BCUT2D eigenvalue weighted by Gasteiger charge is -2.46. The Morgan fingerprint density at radius 1 is 0.459 bits per heavy atom. The second kappa shape index (κ2) is 13.1. The van der Waals surface area contributed by atoms with Crippen LogP contribution < -0.4 is 14.5 Å². The Morgan fingerprint density at radius 2 is 1.05 bits per heavy atom. The molecule has 0 aromatic heterocycles. The highest BCUT2D eigenvalue weighted by molar-refractivity contribution is 6.07. The molecule has 3 nitrogen and oxygen atoms in total. The van der Waals surface area contributed by atoms with E-state index in [0.717, 1.165) is 0 Å². The van der Waals surface area contributed by atoms with E-state index in [0.29, 0.717) is 4.90 Å². The molecular formula is C58H44N2O. The standard InChI is InChI=1S/C58H44N2O/c1-57(2)48-19-11-10-18-46(48)47-32-31-43(36-50(47)57)59(41-27-22-38(23-28-41)37-14-6-5-7-15-37)42-29-24-40(25-30-42)44-33-35-53-56-54(44)58(3,4)49-20-12-13-21-51(49)60(56)55-45-17-9-8-16-39(45)26-34-52(55)61-53/h5-36H,1-4H3/i1D3,2D3,3D3,4D3,5D,6D,7D,8D,9D,10D,11D,12D,13D,14D,15D,16D,17D,18D,19D,20D,21D,22D,23D,24D,25D,26D,27D,28D,29D,30D,31D,32D,33D,34D,35D,36D.